The van der Waals surface area contributed by atoms with Crippen molar-refractivity contribution in [2.75, 3.05) is 6.54 Å². The maximum atomic E-state index is 3.47. The zero-order chi connectivity index (χ0) is 13.5. The van der Waals surface area contributed by atoms with Crippen molar-refractivity contribution in [1.82, 2.24) is 5.32 Å². The third-order valence-corrected chi connectivity index (χ3v) is 3.56. The molecule has 0 aromatic heterocycles. The number of fused-ring (bicyclic) bond motifs is 1. The van der Waals surface area contributed by atoms with Crippen molar-refractivity contribution in [2.24, 2.45) is 0 Å². The van der Waals surface area contributed by atoms with Crippen molar-refractivity contribution in [1.29, 1.82) is 0 Å². The van der Waals surface area contributed by atoms with E-state index in [0.717, 1.165) is 6.54 Å². The molecule has 19 heavy (non-hydrogen) atoms. The molecule has 2 aromatic carbocycles. The van der Waals surface area contributed by atoms with Crippen LogP contribution in [0.25, 0.3) is 10.8 Å². The minimum Gasteiger partial charge on any atom is -0.315 e. The van der Waals surface area contributed by atoms with E-state index in [9.17, 15) is 0 Å². The second kappa shape index (κ2) is 7.30. The van der Waals surface area contributed by atoms with Crippen molar-refractivity contribution in [3.8, 4) is 0 Å². The van der Waals surface area contributed by atoms with Crippen LogP contribution in [-0.2, 0) is 6.42 Å². The summed E-state index contributed by atoms with van der Waals surface area (Å²) < 4.78 is 0. The van der Waals surface area contributed by atoms with E-state index < -0.39 is 0 Å². The zero-order valence-electron chi connectivity index (χ0n) is 12.2. The molecule has 0 spiro atoms. The maximum Gasteiger partial charge on any atom is 0.00103 e. The lowest BCUT2D eigenvalue weighted by Crippen LogP contribution is -2.23. The van der Waals surface area contributed by atoms with Crippen LogP contribution in [0.4, 0.5) is 0 Å². The standard InChI is InChI=1S/C18H25N/c1-15(2)19-14-7-3-4-9-16-11-8-12-17-10-5-6-13-18(16)17/h5-6,8,10-13,15,19H,3-4,7,9,14H2,1-2H3. The lowest BCUT2D eigenvalue weighted by molar-refractivity contribution is 0.549. The summed E-state index contributed by atoms with van der Waals surface area (Å²) in [5, 5.41) is 6.26. The number of unbranched alkanes of at least 4 members (excludes halogenated alkanes) is 2. The first kappa shape index (κ1) is 14.1. The molecular formula is C18H25N. The van der Waals surface area contributed by atoms with Gasteiger partial charge < -0.3 is 5.32 Å². The predicted molar refractivity (Wildman–Crippen MR) is 84.6 cm³/mol. The highest BCUT2D eigenvalue weighted by atomic mass is 14.9. The molecule has 1 N–H and O–H groups in total. The molecule has 0 radical (unpaired) electrons. The third kappa shape index (κ3) is 4.36. The minimum atomic E-state index is 0.609. The summed E-state index contributed by atoms with van der Waals surface area (Å²) in [6.45, 7) is 5.55. The number of rotatable bonds is 7. The van der Waals surface area contributed by atoms with Gasteiger partial charge in [0, 0.05) is 6.04 Å². The molecule has 2 aromatic rings. The van der Waals surface area contributed by atoms with E-state index in [0.29, 0.717) is 6.04 Å². The highest BCUT2D eigenvalue weighted by molar-refractivity contribution is 5.85. The number of aryl methyl sites for hydroxylation is 1. The van der Waals surface area contributed by atoms with E-state index in [-0.39, 0.29) is 0 Å². The number of hydrogen-bond donors (Lipinski definition) is 1. The molecule has 0 amide bonds. The average Bonchev–Trinajstić information content (AvgIpc) is 2.42. The van der Waals surface area contributed by atoms with E-state index in [4.69, 9.17) is 0 Å². The van der Waals surface area contributed by atoms with Crippen LogP contribution >= 0.6 is 0 Å². The largest absolute Gasteiger partial charge is 0.315 e. The summed E-state index contributed by atoms with van der Waals surface area (Å²) in [4.78, 5) is 0. The van der Waals surface area contributed by atoms with E-state index >= 15 is 0 Å². The molecule has 0 saturated heterocycles. The van der Waals surface area contributed by atoms with Gasteiger partial charge in [0.1, 0.15) is 0 Å². The molecule has 102 valence electrons. The number of hydrogen-bond acceptors (Lipinski definition) is 1. The Kier molecular flexibility index (Phi) is 5.41. The molecule has 0 aliphatic heterocycles. The maximum absolute atomic E-state index is 3.47. The summed E-state index contributed by atoms with van der Waals surface area (Å²) >= 11 is 0. The highest BCUT2D eigenvalue weighted by Gasteiger charge is 2.00. The molecule has 0 fully saturated rings. The molecule has 0 aliphatic carbocycles. The van der Waals surface area contributed by atoms with Crippen LogP contribution in [0.3, 0.4) is 0 Å². The van der Waals surface area contributed by atoms with E-state index in [1.54, 1.807) is 0 Å². The van der Waals surface area contributed by atoms with Gasteiger partial charge in [-0.25, -0.2) is 0 Å². The molecule has 2 rings (SSSR count). The van der Waals surface area contributed by atoms with E-state index in [1.165, 1.54) is 42.0 Å². The van der Waals surface area contributed by atoms with Gasteiger partial charge in [-0.3, -0.25) is 0 Å². The van der Waals surface area contributed by atoms with Gasteiger partial charge in [0.05, 0.1) is 0 Å². The second-order valence-corrected chi connectivity index (χ2v) is 5.56. The molecule has 0 saturated carbocycles. The third-order valence-electron chi connectivity index (χ3n) is 3.56. The second-order valence-electron chi connectivity index (χ2n) is 5.56. The molecule has 0 unspecified atom stereocenters. The average molecular weight is 255 g/mol. The fourth-order valence-electron chi connectivity index (χ4n) is 2.52. The topological polar surface area (TPSA) is 12.0 Å². The highest BCUT2D eigenvalue weighted by Crippen LogP contribution is 2.20. The fourth-order valence-corrected chi connectivity index (χ4v) is 2.52. The first-order valence-corrected chi connectivity index (χ1v) is 7.47. The Labute approximate surface area is 117 Å². The SMILES string of the molecule is CC(C)NCCCCCc1cccc2ccccc12. The van der Waals surface area contributed by atoms with Gasteiger partial charge in [-0.2, -0.15) is 0 Å². The Morgan fingerprint density at radius 1 is 0.895 bits per heavy atom. The van der Waals surface area contributed by atoms with Crippen LogP contribution in [0.15, 0.2) is 42.5 Å². The monoisotopic (exact) mass is 255 g/mol. The van der Waals surface area contributed by atoms with Crippen LogP contribution < -0.4 is 5.32 Å². The van der Waals surface area contributed by atoms with E-state index in [1.807, 2.05) is 0 Å². The predicted octanol–water partition coefficient (Wildman–Crippen LogP) is 4.55. The molecule has 1 nitrogen and oxygen atoms in total. The van der Waals surface area contributed by atoms with Gasteiger partial charge in [-0.15, -0.1) is 0 Å². The Balaban J connectivity index is 1.82. The summed E-state index contributed by atoms with van der Waals surface area (Å²) in [6.07, 6.45) is 5.07. The van der Waals surface area contributed by atoms with Crippen molar-refractivity contribution in [2.45, 2.75) is 45.6 Å². The molecule has 1 heteroatoms. The normalized spacial score (nSPS) is 11.3. The van der Waals surface area contributed by atoms with Gasteiger partial charge in [-0.1, -0.05) is 62.7 Å². The van der Waals surface area contributed by atoms with Crippen molar-refractivity contribution in [3.63, 3.8) is 0 Å². The summed E-state index contributed by atoms with van der Waals surface area (Å²) in [5.74, 6) is 0. The van der Waals surface area contributed by atoms with Gasteiger partial charge in [0.25, 0.3) is 0 Å². The lowest BCUT2D eigenvalue weighted by Gasteiger charge is -2.08. The summed E-state index contributed by atoms with van der Waals surface area (Å²) in [6, 6.07) is 16.0. The summed E-state index contributed by atoms with van der Waals surface area (Å²) in [5.41, 5.74) is 1.50. The first-order chi connectivity index (χ1) is 9.27. The molecule has 0 atom stereocenters. The lowest BCUT2D eigenvalue weighted by atomic mass is 10.00. The number of nitrogens with one attached hydrogen (secondary N) is 1. The van der Waals surface area contributed by atoms with Crippen LogP contribution in [0.5, 0.6) is 0 Å². The Morgan fingerprint density at radius 2 is 1.68 bits per heavy atom. The van der Waals surface area contributed by atoms with Gasteiger partial charge in [-0.05, 0) is 42.1 Å². The van der Waals surface area contributed by atoms with Crippen LogP contribution in [0, 0.1) is 0 Å². The van der Waals surface area contributed by atoms with Gasteiger partial charge in [0.15, 0.2) is 0 Å². The van der Waals surface area contributed by atoms with Crippen molar-refractivity contribution in [3.05, 3.63) is 48.0 Å². The first-order valence-electron chi connectivity index (χ1n) is 7.47. The van der Waals surface area contributed by atoms with Crippen LogP contribution in [-0.4, -0.2) is 12.6 Å². The molecular weight excluding hydrogens is 230 g/mol. The Hall–Kier alpha value is -1.34. The van der Waals surface area contributed by atoms with Gasteiger partial charge in [0.2, 0.25) is 0 Å². The zero-order valence-corrected chi connectivity index (χ0v) is 12.2. The fraction of sp³-hybridized carbons (Fsp3) is 0.444. The smallest absolute Gasteiger partial charge is 0.00103 e. The Morgan fingerprint density at radius 3 is 2.53 bits per heavy atom. The van der Waals surface area contributed by atoms with Crippen LogP contribution in [0.1, 0.15) is 38.7 Å². The number of benzene rings is 2. The molecule has 0 heterocycles. The van der Waals surface area contributed by atoms with E-state index in [2.05, 4.69) is 61.6 Å². The molecule has 0 aliphatic rings. The minimum absolute atomic E-state index is 0.609. The molecule has 0 bridgehead atoms. The summed E-state index contributed by atoms with van der Waals surface area (Å²) in [7, 11) is 0. The Bertz CT molecular complexity index is 497. The van der Waals surface area contributed by atoms with Crippen LogP contribution in [0.2, 0.25) is 0 Å². The van der Waals surface area contributed by atoms with Crippen molar-refractivity contribution < 1.29 is 0 Å². The van der Waals surface area contributed by atoms with Crippen molar-refractivity contribution >= 4 is 10.8 Å². The quantitative estimate of drug-likeness (QED) is 0.716. The van der Waals surface area contributed by atoms with Gasteiger partial charge >= 0.3 is 0 Å².